The molecule has 2 aromatic heterocycles. The number of nitrogens with one attached hydrogen (secondary N) is 2. The molecule has 4 aromatic rings. The highest BCUT2D eigenvalue weighted by Gasteiger charge is 2.22. The van der Waals surface area contributed by atoms with Gasteiger partial charge in [0.15, 0.2) is 6.23 Å². The van der Waals surface area contributed by atoms with Crippen molar-refractivity contribution in [3.05, 3.63) is 53.1 Å². The Bertz CT molecular complexity index is 1240. The van der Waals surface area contributed by atoms with Crippen molar-refractivity contribution in [3.63, 3.8) is 0 Å². The zero-order valence-corrected chi connectivity index (χ0v) is 18.6. The van der Waals surface area contributed by atoms with Gasteiger partial charge in [0.2, 0.25) is 0 Å². The van der Waals surface area contributed by atoms with E-state index in [1.54, 1.807) is 0 Å². The molecule has 0 aliphatic carbocycles. The minimum absolute atomic E-state index is 0.0291. The average molecular weight is 479 g/mol. The summed E-state index contributed by atoms with van der Waals surface area (Å²) in [5, 5.41) is 9.20. The molecule has 1 fully saturated rings. The van der Waals surface area contributed by atoms with Crippen molar-refractivity contribution in [2.75, 3.05) is 25.1 Å². The Morgan fingerprint density at radius 1 is 1.03 bits per heavy atom. The van der Waals surface area contributed by atoms with Crippen molar-refractivity contribution in [1.29, 1.82) is 0 Å². The number of rotatable bonds is 3. The van der Waals surface area contributed by atoms with Crippen LogP contribution in [0.25, 0.3) is 33.4 Å². The lowest BCUT2D eigenvalue weighted by Crippen LogP contribution is -2.19. The number of hydrogen-bond donors (Lipinski definition) is 2. The minimum atomic E-state index is 0.0291. The Morgan fingerprint density at radius 3 is 2.74 bits per heavy atom. The summed E-state index contributed by atoms with van der Waals surface area (Å²) in [7, 11) is 0. The van der Waals surface area contributed by atoms with Crippen LogP contribution in [0.1, 0.15) is 25.5 Å². The molecule has 7 heteroatoms. The third kappa shape index (κ3) is 3.32. The highest BCUT2D eigenvalue weighted by Crippen LogP contribution is 2.43. The lowest BCUT2D eigenvalue weighted by Gasteiger charge is -2.24. The molecule has 0 amide bonds. The van der Waals surface area contributed by atoms with Gasteiger partial charge in [-0.05, 0) is 43.0 Å². The maximum atomic E-state index is 5.96. The van der Waals surface area contributed by atoms with Gasteiger partial charge in [-0.3, -0.25) is 0 Å². The number of anilines is 1. The molecule has 158 valence electrons. The van der Waals surface area contributed by atoms with Gasteiger partial charge in [0, 0.05) is 29.4 Å². The molecule has 4 heterocycles. The van der Waals surface area contributed by atoms with Crippen molar-refractivity contribution in [1.82, 2.24) is 14.8 Å². The van der Waals surface area contributed by atoms with E-state index in [1.807, 2.05) is 16.9 Å². The van der Waals surface area contributed by atoms with Gasteiger partial charge in [0.05, 0.1) is 28.0 Å². The van der Waals surface area contributed by atoms with E-state index < -0.39 is 0 Å². The SMILES string of the molecule is Brc1cc2c3c(c(-c4ccc(-c5ccnn5C5CCCCO5)cc4)[nH]c3c1)NCCO2. The average Bonchev–Trinajstić information content (AvgIpc) is 3.36. The first-order chi connectivity index (χ1) is 15.3. The summed E-state index contributed by atoms with van der Waals surface area (Å²) in [5.41, 5.74) is 6.59. The van der Waals surface area contributed by atoms with E-state index in [0.29, 0.717) is 6.61 Å². The van der Waals surface area contributed by atoms with E-state index in [0.717, 1.165) is 75.3 Å². The molecule has 1 unspecified atom stereocenters. The molecule has 2 N–H and O–H groups in total. The second kappa shape index (κ2) is 7.73. The summed E-state index contributed by atoms with van der Waals surface area (Å²) >= 11 is 3.60. The number of aromatic nitrogens is 3. The third-order valence-electron chi connectivity index (χ3n) is 6.06. The predicted molar refractivity (Wildman–Crippen MR) is 125 cm³/mol. The van der Waals surface area contributed by atoms with Gasteiger partial charge in [-0.25, -0.2) is 4.68 Å². The molecule has 0 bridgehead atoms. The highest BCUT2D eigenvalue weighted by atomic mass is 79.9. The number of hydrogen-bond acceptors (Lipinski definition) is 4. The fourth-order valence-corrected chi connectivity index (χ4v) is 5.04. The van der Waals surface area contributed by atoms with Crippen molar-refractivity contribution >= 4 is 32.5 Å². The normalized spacial score (nSPS) is 18.4. The Kier molecular flexibility index (Phi) is 4.73. The maximum Gasteiger partial charge on any atom is 0.150 e. The predicted octanol–water partition coefficient (Wildman–Crippen LogP) is 5.96. The van der Waals surface area contributed by atoms with Gasteiger partial charge >= 0.3 is 0 Å². The first-order valence-corrected chi connectivity index (χ1v) is 11.5. The van der Waals surface area contributed by atoms with Gasteiger partial charge in [0.25, 0.3) is 0 Å². The monoisotopic (exact) mass is 478 g/mol. The minimum Gasteiger partial charge on any atom is -0.491 e. The van der Waals surface area contributed by atoms with Crippen LogP contribution in [0.2, 0.25) is 0 Å². The highest BCUT2D eigenvalue weighted by molar-refractivity contribution is 9.10. The van der Waals surface area contributed by atoms with E-state index in [4.69, 9.17) is 9.47 Å². The standard InChI is InChI=1S/C24H23BrN4O2/c25-17-13-18-22-20(14-17)30-12-10-26-24(22)23(28-18)16-6-4-15(5-7-16)19-8-9-27-29(19)21-3-1-2-11-31-21/h4-9,13-14,21,26,28H,1-3,10-12H2. The quantitative estimate of drug-likeness (QED) is 0.381. The van der Waals surface area contributed by atoms with E-state index in [2.05, 4.69) is 67.7 Å². The van der Waals surface area contributed by atoms with Crippen LogP contribution in [-0.4, -0.2) is 34.5 Å². The summed E-state index contributed by atoms with van der Waals surface area (Å²) in [6, 6.07) is 14.8. The summed E-state index contributed by atoms with van der Waals surface area (Å²) in [6.45, 7) is 2.22. The number of nitrogens with zero attached hydrogens (tertiary/aromatic N) is 2. The van der Waals surface area contributed by atoms with Gasteiger partial charge in [0.1, 0.15) is 12.4 Å². The number of ether oxygens (including phenoxy) is 2. The second-order valence-corrected chi connectivity index (χ2v) is 8.95. The topological polar surface area (TPSA) is 64.1 Å². The summed E-state index contributed by atoms with van der Waals surface area (Å²) in [5.74, 6) is 0.903. The second-order valence-electron chi connectivity index (χ2n) is 8.04. The molecule has 2 aliphatic heterocycles. The zero-order valence-electron chi connectivity index (χ0n) is 17.0. The molecule has 31 heavy (non-hydrogen) atoms. The number of aromatic amines is 1. The fourth-order valence-electron chi connectivity index (χ4n) is 4.60. The molecule has 0 spiro atoms. The zero-order chi connectivity index (χ0) is 20.8. The van der Waals surface area contributed by atoms with E-state index in [1.165, 1.54) is 6.42 Å². The van der Waals surface area contributed by atoms with Crippen LogP contribution in [0.15, 0.2) is 53.1 Å². The summed E-state index contributed by atoms with van der Waals surface area (Å²) in [4.78, 5) is 3.59. The Balaban J connectivity index is 1.38. The van der Waals surface area contributed by atoms with Gasteiger partial charge in [-0.15, -0.1) is 0 Å². The molecule has 2 aromatic carbocycles. The van der Waals surface area contributed by atoms with Crippen LogP contribution in [-0.2, 0) is 4.74 Å². The van der Waals surface area contributed by atoms with Gasteiger partial charge in [-0.1, -0.05) is 40.2 Å². The maximum absolute atomic E-state index is 5.96. The van der Waals surface area contributed by atoms with Gasteiger partial charge in [-0.2, -0.15) is 5.10 Å². The van der Waals surface area contributed by atoms with Crippen molar-refractivity contribution in [2.45, 2.75) is 25.5 Å². The Hall–Kier alpha value is -2.77. The molecule has 1 atom stereocenters. The first-order valence-electron chi connectivity index (χ1n) is 10.8. The Labute approximate surface area is 188 Å². The lowest BCUT2D eigenvalue weighted by molar-refractivity contribution is -0.0383. The summed E-state index contributed by atoms with van der Waals surface area (Å²) in [6.07, 6.45) is 5.21. The molecular weight excluding hydrogens is 456 g/mol. The third-order valence-corrected chi connectivity index (χ3v) is 6.51. The number of benzene rings is 2. The van der Waals surface area contributed by atoms with Crippen molar-refractivity contribution < 1.29 is 9.47 Å². The molecule has 2 aliphatic rings. The Morgan fingerprint density at radius 2 is 1.90 bits per heavy atom. The van der Waals surface area contributed by atoms with Crippen LogP contribution >= 0.6 is 15.9 Å². The molecule has 6 rings (SSSR count). The van der Waals surface area contributed by atoms with Crippen LogP contribution in [0, 0.1) is 0 Å². The van der Waals surface area contributed by atoms with E-state index in [9.17, 15) is 0 Å². The smallest absolute Gasteiger partial charge is 0.150 e. The first kappa shape index (κ1) is 19.0. The summed E-state index contributed by atoms with van der Waals surface area (Å²) < 4.78 is 14.9. The molecule has 0 radical (unpaired) electrons. The van der Waals surface area contributed by atoms with Crippen molar-refractivity contribution in [3.8, 4) is 28.3 Å². The van der Waals surface area contributed by atoms with Crippen molar-refractivity contribution in [2.24, 2.45) is 0 Å². The van der Waals surface area contributed by atoms with Crippen LogP contribution in [0.5, 0.6) is 5.75 Å². The van der Waals surface area contributed by atoms with Crippen LogP contribution in [0.3, 0.4) is 0 Å². The van der Waals surface area contributed by atoms with E-state index >= 15 is 0 Å². The molecule has 1 saturated heterocycles. The lowest BCUT2D eigenvalue weighted by atomic mass is 10.1. The number of H-pyrrole nitrogens is 1. The van der Waals surface area contributed by atoms with Crippen LogP contribution in [0.4, 0.5) is 5.69 Å². The fraction of sp³-hybridized carbons (Fsp3) is 0.292. The molecule has 0 saturated carbocycles. The molecular formula is C24H23BrN4O2. The largest absolute Gasteiger partial charge is 0.491 e. The van der Waals surface area contributed by atoms with E-state index in [-0.39, 0.29) is 6.23 Å². The van der Waals surface area contributed by atoms with Crippen LogP contribution < -0.4 is 10.1 Å². The molecule has 6 nitrogen and oxygen atoms in total. The number of halogens is 1. The van der Waals surface area contributed by atoms with Gasteiger partial charge < -0.3 is 19.8 Å².